The van der Waals surface area contributed by atoms with E-state index in [2.05, 4.69) is 45.1 Å². The maximum Gasteiger partial charge on any atom is 0.112 e. The molecule has 19 heavy (non-hydrogen) atoms. The standard InChI is InChI=1S/C14H17BrClN3/c1-9(2)5-11(7-16)19-12-3-4-17-13-6-10(15)8-18-14(12)13/h3-4,6,8-9,11H,5,7H2,1-2H3,(H,17,19). The zero-order chi connectivity index (χ0) is 13.8. The molecule has 0 fully saturated rings. The van der Waals surface area contributed by atoms with Crippen LogP contribution >= 0.6 is 27.5 Å². The van der Waals surface area contributed by atoms with Crippen LogP contribution in [-0.2, 0) is 0 Å². The van der Waals surface area contributed by atoms with Gasteiger partial charge < -0.3 is 5.32 Å². The number of nitrogens with one attached hydrogen (secondary N) is 1. The van der Waals surface area contributed by atoms with Crippen molar-refractivity contribution < 1.29 is 0 Å². The van der Waals surface area contributed by atoms with Crippen molar-refractivity contribution in [3.8, 4) is 0 Å². The Kier molecular flexibility index (Phi) is 4.99. The predicted molar refractivity (Wildman–Crippen MR) is 84.8 cm³/mol. The fraction of sp³-hybridized carbons (Fsp3) is 0.429. The van der Waals surface area contributed by atoms with E-state index in [4.69, 9.17) is 11.6 Å². The lowest BCUT2D eigenvalue weighted by Crippen LogP contribution is -2.23. The molecule has 0 amide bonds. The molecule has 3 nitrogen and oxygen atoms in total. The van der Waals surface area contributed by atoms with E-state index < -0.39 is 0 Å². The number of nitrogens with zero attached hydrogens (tertiary/aromatic N) is 2. The van der Waals surface area contributed by atoms with Crippen LogP contribution in [0.5, 0.6) is 0 Å². The summed E-state index contributed by atoms with van der Waals surface area (Å²) in [4.78, 5) is 8.76. The molecule has 1 unspecified atom stereocenters. The van der Waals surface area contributed by atoms with E-state index in [1.807, 2.05) is 12.1 Å². The molecule has 2 aromatic rings. The lowest BCUT2D eigenvalue weighted by Gasteiger charge is -2.19. The molecular formula is C14H17BrClN3. The number of pyridine rings is 2. The number of aromatic nitrogens is 2. The van der Waals surface area contributed by atoms with Crippen molar-refractivity contribution in [1.82, 2.24) is 9.97 Å². The highest BCUT2D eigenvalue weighted by atomic mass is 79.9. The Hall–Kier alpha value is -0.870. The lowest BCUT2D eigenvalue weighted by atomic mass is 10.0. The van der Waals surface area contributed by atoms with Gasteiger partial charge in [0.15, 0.2) is 0 Å². The average molecular weight is 343 g/mol. The summed E-state index contributed by atoms with van der Waals surface area (Å²) in [6, 6.07) is 4.16. The van der Waals surface area contributed by atoms with Gasteiger partial charge in [-0.25, -0.2) is 0 Å². The summed E-state index contributed by atoms with van der Waals surface area (Å²) >= 11 is 9.44. The van der Waals surface area contributed by atoms with Crippen LogP contribution in [0.25, 0.3) is 11.0 Å². The van der Waals surface area contributed by atoms with Gasteiger partial charge in [-0.1, -0.05) is 13.8 Å². The number of hydrogen-bond donors (Lipinski definition) is 1. The Morgan fingerprint density at radius 3 is 2.84 bits per heavy atom. The van der Waals surface area contributed by atoms with Crippen LogP contribution in [0.4, 0.5) is 5.69 Å². The Balaban J connectivity index is 2.29. The van der Waals surface area contributed by atoms with Gasteiger partial charge >= 0.3 is 0 Å². The van der Waals surface area contributed by atoms with Crippen molar-refractivity contribution in [2.45, 2.75) is 26.3 Å². The summed E-state index contributed by atoms with van der Waals surface area (Å²) in [5, 5.41) is 3.47. The number of anilines is 1. The summed E-state index contributed by atoms with van der Waals surface area (Å²) < 4.78 is 0.931. The first-order chi connectivity index (χ1) is 9.10. The van der Waals surface area contributed by atoms with E-state index >= 15 is 0 Å². The first-order valence-electron chi connectivity index (χ1n) is 6.33. The molecule has 102 valence electrons. The van der Waals surface area contributed by atoms with Crippen LogP contribution in [-0.4, -0.2) is 21.9 Å². The van der Waals surface area contributed by atoms with Crippen molar-refractivity contribution in [1.29, 1.82) is 0 Å². The normalized spacial score (nSPS) is 12.9. The van der Waals surface area contributed by atoms with Gasteiger partial charge in [0.25, 0.3) is 0 Å². The molecule has 0 radical (unpaired) electrons. The van der Waals surface area contributed by atoms with Crippen LogP contribution in [0.3, 0.4) is 0 Å². The minimum Gasteiger partial charge on any atom is -0.379 e. The number of rotatable bonds is 5. The number of hydrogen-bond acceptors (Lipinski definition) is 3. The summed E-state index contributed by atoms with van der Waals surface area (Å²) in [6.07, 6.45) is 4.61. The third-order valence-electron chi connectivity index (χ3n) is 2.85. The first kappa shape index (κ1) is 14.5. The fourth-order valence-corrected chi connectivity index (χ4v) is 2.59. The molecule has 0 saturated carbocycles. The molecule has 2 heterocycles. The maximum absolute atomic E-state index is 6.03. The van der Waals surface area contributed by atoms with Gasteiger partial charge in [-0.15, -0.1) is 11.6 Å². The zero-order valence-corrected chi connectivity index (χ0v) is 13.4. The Bertz CT molecular complexity index is 559. The minimum absolute atomic E-state index is 0.248. The van der Waals surface area contributed by atoms with E-state index in [0.29, 0.717) is 11.8 Å². The topological polar surface area (TPSA) is 37.8 Å². The molecular weight excluding hydrogens is 326 g/mol. The molecule has 0 saturated heterocycles. The minimum atomic E-state index is 0.248. The summed E-state index contributed by atoms with van der Waals surface area (Å²) in [7, 11) is 0. The SMILES string of the molecule is CC(C)CC(CCl)Nc1ccnc2cc(Br)cnc12. The molecule has 1 atom stereocenters. The van der Waals surface area contributed by atoms with Crippen LogP contribution in [0, 0.1) is 5.92 Å². The van der Waals surface area contributed by atoms with E-state index in [9.17, 15) is 0 Å². The van der Waals surface area contributed by atoms with Crippen molar-refractivity contribution in [2.24, 2.45) is 5.92 Å². The second kappa shape index (κ2) is 6.53. The summed E-state index contributed by atoms with van der Waals surface area (Å²) in [6.45, 7) is 4.39. The molecule has 0 bridgehead atoms. The van der Waals surface area contributed by atoms with Crippen LogP contribution in [0.1, 0.15) is 20.3 Å². The molecule has 5 heteroatoms. The monoisotopic (exact) mass is 341 g/mol. The van der Waals surface area contributed by atoms with Crippen molar-refractivity contribution in [2.75, 3.05) is 11.2 Å². The number of halogens is 2. The number of alkyl halides is 1. The Morgan fingerprint density at radius 2 is 2.16 bits per heavy atom. The Labute approximate surface area is 126 Å². The van der Waals surface area contributed by atoms with Crippen LogP contribution in [0.2, 0.25) is 0 Å². The average Bonchev–Trinajstić information content (AvgIpc) is 2.37. The van der Waals surface area contributed by atoms with E-state index in [1.54, 1.807) is 12.4 Å². The van der Waals surface area contributed by atoms with Crippen LogP contribution in [0.15, 0.2) is 29.0 Å². The molecule has 2 aromatic heterocycles. The fourth-order valence-electron chi connectivity index (χ4n) is 2.07. The highest BCUT2D eigenvalue weighted by molar-refractivity contribution is 9.10. The largest absolute Gasteiger partial charge is 0.379 e. The lowest BCUT2D eigenvalue weighted by molar-refractivity contribution is 0.542. The van der Waals surface area contributed by atoms with E-state index in [-0.39, 0.29) is 6.04 Å². The molecule has 0 aromatic carbocycles. The third kappa shape index (κ3) is 3.80. The summed E-state index contributed by atoms with van der Waals surface area (Å²) in [5.41, 5.74) is 2.74. The van der Waals surface area contributed by atoms with Crippen molar-refractivity contribution >= 4 is 44.3 Å². The number of fused-ring (bicyclic) bond motifs is 1. The predicted octanol–water partition coefficient (Wildman–Crippen LogP) is 4.46. The van der Waals surface area contributed by atoms with E-state index in [0.717, 1.165) is 27.6 Å². The van der Waals surface area contributed by atoms with Gasteiger partial charge in [0.2, 0.25) is 0 Å². The highest BCUT2D eigenvalue weighted by Crippen LogP contribution is 2.23. The van der Waals surface area contributed by atoms with Crippen molar-refractivity contribution in [3.05, 3.63) is 29.0 Å². The molecule has 2 rings (SSSR count). The second-order valence-electron chi connectivity index (χ2n) is 5.00. The molecule has 0 aliphatic carbocycles. The zero-order valence-electron chi connectivity index (χ0n) is 11.0. The van der Waals surface area contributed by atoms with Gasteiger partial charge in [0.05, 0.1) is 11.2 Å². The third-order valence-corrected chi connectivity index (χ3v) is 3.65. The van der Waals surface area contributed by atoms with Gasteiger partial charge in [0, 0.05) is 28.8 Å². The molecule has 0 aliphatic heterocycles. The van der Waals surface area contributed by atoms with Gasteiger partial charge in [-0.3, -0.25) is 9.97 Å². The molecule has 0 aliphatic rings. The highest BCUT2D eigenvalue weighted by Gasteiger charge is 2.12. The smallest absolute Gasteiger partial charge is 0.112 e. The van der Waals surface area contributed by atoms with Gasteiger partial charge in [-0.2, -0.15) is 0 Å². The van der Waals surface area contributed by atoms with Gasteiger partial charge in [-0.05, 0) is 40.4 Å². The maximum atomic E-state index is 6.03. The Morgan fingerprint density at radius 1 is 1.37 bits per heavy atom. The van der Waals surface area contributed by atoms with Gasteiger partial charge in [0.1, 0.15) is 5.52 Å². The summed E-state index contributed by atoms with van der Waals surface area (Å²) in [5.74, 6) is 1.19. The first-order valence-corrected chi connectivity index (χ1v) is 7.65. The molecule has 1 N–H and O–H groups in total. The quantitative estimate of drug-likeness (QED) is 0.815. The second-order valence-corrected chi connectivity index (χ2v) is 6.23. The van der Waals surface area contributed by atoms with E-state index in [1.165, 1.54) is 0 Å². The van der Waals surface area contributed by atoms with Crippen LogP contribution < -0.4 is 5.32 Å². The van der Waals surface area contributed by atoms with Crippen molar-refractivity contribution in [3.63, 3.8) is 0 Å². The molecule has 0 spiro atoms.